The summed E-state index contributed by atoms with van der Waals surface area (Å²) >= 11 is 5.65. The molecule has 0 unspecified atom stereocenters. The summed E-state index contributed by atoms with van der Waals surface area (Å²) in [5, 5.41) is 7.88. The number of amides is 3. The van der Waals surface area contributed by atoms with E-state index in [9.17, 15) is 18.8 Å². The molecule has 0 aromatic heterocycles. The summed E-state index contributed by atoms with van der Waals surface area (Å²) in [6, 6.07) is 2.83. The van der Waals surface area contributed by atoms with Gasteiger partial charge in [-0.05, 0) is 38.0 Å². The van der Waals surface area contributed by atoms with Gasteiger partial charge in [-0.2, -0.15) is 0 Å². The molecule has 8 heteroatoms. The van der Waals surface area contributed by atoms with Gasteiger partial charge in [0.1, 0.15) is 11.9 Å². The predicted octanol–water partition coefficient (Wildman–Crippen LogP) is 1.38. The molecular formula is C16H19ClFN3O3. The van der Waals surface area contributed by atoms with Crippen LogP contribution >= 0.6 is 11.6 Å². The fourth-order valence-electron chi connectivity index (χ4n) is 2.37. The molecule has 1 aliphatic rings. The largest absolute Gasteiger partial charge is 0.352 e. The molecule has 6 nitrogen and oxygen atoms in total. The summed E-state index contributed by atoms with van der Waals surface area (Å²) in [7, 11) is 0. The van der Waals surface area contributed by atoms with E-state index in [2.05, 4.69) is 16.0 Å². The van der Waals surface area contributed by atoms with Gasteiger partial charge in [-0.3, -0.25) is 14.4 Å². The second-order valence-electron chi connectivity index (χ2n) is 5.76. The zero-order valence-corrected chi connectivity index (χ0v) is 14.0. The van der Waals surface area contributed by atoms with Gasteiger partial charge in [0.05, 0.1) is 5.02 Å². The van der Waals surface area contributed by atoms with Gasteiger partial charge in [0.2, 0.25) is 11.8 Å². The SMILES string of the molecule is C[C@@H](CNC(=O)[C@H]1CCCC(=O)N1)NC(=O)c1ccc(F)c(Cl)c1. The maximum atomic E-state index is 13.1. The first-order chi connectivity index (χ1) is 11.4. The first-order valence-corrected chi connectivity index (χ1v) is 8.07. The number of benzene rings is 1. The zero-order chi connectivity index (χ0) is 17.7. The Kier molecular flexibility index (Phi) is 6.14. The van der Waals surface area contributed by atoms with E-state index in [1.807, 2.05) is 0 Å². The van der Waals surface area contributed by atoms with E-state index in [0.29, 0.717) is 19.3 Å². The van der Waals surface area contributed by atoms with Crippen molar-refractivity contribution in [2.24, 2.45) is 0 Å². The van der Waals surface area contributed by atoms with Crippen LogP contribution in [-0.4, -0.2) is 36.3 Å². The third kappa shape index (κ3) is 4.92. The Bertz CT molecular complexity index is 653. The highest BCUT2D eigenvalue weighted by Crippen LogP contribution is 2.16. The summed E-state index contributed by atoms with van der Waals surface area (Å²) in [6.07, 6.45) is 1.73. The number of rotatable bonds is 5. The predicted molar refractivity (Wildman–Crippen MR) is 87.1 cm³/mol. The van der Waals surface area contributed by atoms with Crippen LogP contribution in [0.15, 0.2) is 18.2 Å². The van der Waals surface area contributed by atoms with Crippen LogP contribution in [0.25, 0.3) is 0 Å². The Hall–Kier alpha value is -2.15. The average molecular weight is 356 g/mol. The molecule has 130 valence electrons. The Morgan fingerprint density at radius 3 is 2.88 bits per heavy atom. The van der Waals surface area contributed by atoms with E-state index in [-0.39, 0.29) is 35.0 Å². The van der Waals surface area contributed by atoms with E-state index < -0.39 is 17.8 Å². The Balaban J connectivity index is 1.80. The molecule has 0 aliphatic carbocycles. The molecular weight excluding hydrogens is 337 g/mol. The van der Waals surface area contributed by atoms with Crippen molar-refractivity contribution in [1.82, 2.24) is 16.0 Å². The monoisotopic (exact) mass is 355 g/mol. The molecule has 1 heterocycles. The van der Waals surface area contributed by atoms with Crippen molar-refractivity contribution in [1.29, 1.82) is 0 Å². The molecule has 0 bridgehead atoms. The molecule has 1 aromatic rings. The van der Waals surface area contributed by atoms with E-state index >= 15 is 0 Å². The van der Waals surface area contributed by atoms with E-state index in [0.717, 1.165) is 6.07 Å². The van der Waals surface area contributed by atoms with E-state index in [1.165, 1.54) is 12.1 Å². The number of nitrogens with one attached hydrogen (secondary N) is 3. The quantitative estimate of drug-likeness (QED) is 0.745. The van der Waals surface area contributed by atoms with Crippen molar-refractivity contribution >= 4 is 29.3 Å². The summed E-state index contributed by atoms with van der Waals surface area (Å²) in [5.41, 5.74) is 0.235. The molecule has 0 saturated carbocycles. The van der Waals surface area contributed by atoms with Crippen LogP contribution in [0, 0.1) is 5.82 Å². The van der Waals surface area contributed by atoms with Crippen molar-refractivity contribution in [2.75, 3.05) is 6.54 Å². The van der Waals surface area contributed by atoms with Gasteiger partial charge in [0.25, 0.3) is 5.91 Å². The molecule has 3 N–H and O–H groups in total. The number of carbonyl (C=O) groups excluding carboxylic acids is 3. The standard InChI is InChI=1S/C16H19ClFN3O3/c1-9(8-19-16(24)13-3-2-4-14(22)21-13)20-15(23)10-5-6-12(18)11(17)7-10/h5-7,9,13H,2-4,8H2,1H3,(H,19,24)(H,20,23)(H,21,22)/t9-,13+/m0/s1. The Morgan fingerprint density at radius 2 is 2.21 bits per heavy atom. The van der Waals surface area contributed by atoms with Gasteiger partial charge in [0.15, 0.2) is 0 Å². The first kappa shape index (κ1) is 18.2. The van der Waals surface area contributed by atoms with Crippen molar-refractivity contribution in [2.45, 2.75) is 38.3 Å². The van der Waals surface area contributed by atoms with Crippen LogP contribution in [0.3, 0.4) is 0 Å². The number of carbonyl (C=O) groups is 3. The fraction of sp³-hybridized carbons (Fsp3) is 0.438. The minimum absolute atomic E-state index is 0.128. The van der Waals surface area contributed by atoms with Crippen LogP contribution in [0.5, 0.6) is 0 Å². The first-order valence-electron chi connectivity index (χ1n) is 7.70. The van der Waals surface area contributed by atoms with Crippen molar-refractivity contribution in [3.63, 3.8) is 0 Å². The van der Waals surface area contributed by atoms with Gasteiger partial charge >= 0.3 is 0 Å². The normalized spacial score (nSPS) is 18.5. The topological polar surface area (TPSA) is 87.3 Å². The minimum Gasteiger partial charge on any atom is -0.352 e. The second-order valence-corrected chi connectivity index (χ2v) is 6.17. The van der Waals surface area contributed by atoms with E-state index in [4.69, 9.17) is 11.6 Å². The van der Waals surface area contributed by atoms with Crippen LogP contribution < -0.4 is 16.0 Å². The number of hydrogen-bond donors (Lipinski definition) is 3. The van der Waals surface area contributed by atoms with Gasteiger partial charge in [-0.25, -0.2) is 4.39 Å². The van der Waals surface area contributed by atoms with Crippen LogP contribution in [0.4, 0.5) is 4.39 Å². The van der Waals surface area contributed by atoms with Gasteiger partial charge in [-0.15, -0.1) is 0 Å². The molecule has 1 aromatic carbocycles. The minimum atomic E-state index is -0.594. The van der Waals surface area contributed by atoms with E-state index in [1.54, 1.807) is 6.92 Å². The Labute approximate surface area is 144 Å². The van der Waals surface area contributed by atoms with Crippen molar-refractivity contribution < 1.29 is 18.8 Å². The van der Waals surface area contributed by atoms with Crippen LogP contribution in [-0.2, 0) is 9.59 Å². The molecule has 2 rings (SSSR count). The summed E-state index contributed by atoms with van der Waals surface area (Å²) < 4.78 is 13.1. The maximum absolute atomic E-state index is 13.1. The van der Waals surface area contributed by atoms with Crippen LogP contribution in [0.1, 0.15) is 36.5 Å². The van der Waals surface area contributed by atoms with Crippen molar-refractivity contribution in [3.05, 3.63) is 34.6 Å². The van der Waals surface area contributed by atoms with Crippen LogP contribution in [0.2, 0.25) is 5.02 Å². The fourth-order valence-corrected chi connectivity index (χ4v) is 2.56. The van der Waals surface area contributed by atoms with Gasteiger partial charge < -0.3 is 16.0 Å². The van der Waals surface area contributed by atoms with Crippen molar-refractivity contribution in [3.8, 4) is 0 Å². The molecule has 0 spiro atoms. The third-order valence-corrected chi connectivity index (χ3v) is 3.98. The summed E-state index contributed by atoms with van der Waals surface area (Å²) in [5.74, 6) is -1.41. The second kappa shape index (κ2) is 8.10. The molecule has 1 aliphatic heterocycles. The lowest BCUT2D eigenvalue weighted by Crippen LogP contribution is -2.51. The number of piperidine rings is 1. The molecule has 1 saturated heterocycles. The maximum Gasteiger partial charge on any atom is 0.251 e. The molecule has 24 heavy (non-hydrogen) atoms. The lowest BCUT2D eigenvalue weighted by atomic mass is 10.0. The van der Waals surface area contributed by atoms with Gasteiger partial charge in [-0.1, -0.05) is 11.6 Å². The number of halogens is 2. The molecule has 3 amide bonds. The lowest BCUT2D eigenvalue weighted by molar-refractivity contribution is -0.131. The lowest BCUT2D eigenvalue weighted by Gasteiger charge is -2.23. The van der Waals surface area contributed by atoms with Gasteiger partial charge in [0, 0.05) is 24.6 Å². The summed E-state index contributed by atoms with van der Waals surface area (Å²) in [4.78, 5) is 35.3. The highest BCUT2D eigenvalue weighted by molar-refractivity contribution is 6.31. The average Bonchev–Trinajstić information content (AvgIpc) is 2.55. The third-order valence-electron chi connectivity index (χ3n) is 3.69. The smallest absolute Gasteiger partial charge is 0.251 e. The molecule has 1 fully saturated rings. The number of hydrogen-bond acceptors (Lipinski definition) is 3. The molecule has 0 radical (unpaired) electrons. The zero-order valence-electron chi connectivity index (χ0n) is 13.2. The highest BCUT2D eigenvalue weighted by Gasteiger charge is 2.24. The highest BCUT2D eigenvalue weighted by atomic mass is 35.5. The molecule has 2 atom stereocenters. The Morgan fingerprint density at radius 1 is 1.46 bits per heavy atom. The summed E-state index contributed by atoms with van der Waals surface area (Å²) in [6.45, 7) is 1.94.